The summed E-state index contributed by atoms with van der Waals surface area (Å²) in [5, 5.41) is 4.26. The second kappa shape index (κ2) is 6.14. The molecule has 0 saturated carbocycles. The van der Waals surface area contributed by atoms with Crippen LogP contribution in [0.3, 0.4) is 0 Å². The summed E-state index contributed by atoms with van der Waals surface area (Å²) in [4.78, 5) is 18.0. The minimum Gasteiger partial charge on any atom is -0.469 e. The van der Waals surface area contributed by atoms with E-state index in [4.69, 9.17) is 4.74 Å². The van der Waals surface area contributed by atoms with E-state index in [9.17, 15) is 4.79 Å². The first-order valence-electron chi connectivity index (χ1n) is 6.77. The maximum Gasteiger partial charge on any atom is 0.310 e. The highest BCUT2D eigenvalue weighted by Crippen LogP contribution is 2.19. The van der Waals surface area contributed by atoms with E-state index in [1.54, 1.807) is 6.33 Å². The van der Waals surface area contributed by atoms with Gasteiger partial charge in [0.25, 0.3) is 0 Å². The SMILES string of the molecule is COC(=O)C1CCN(Cc2ncnn2CC(C)C)C1. The highest BCUT2D eigenvalue weighted by Gasteiger charge is 2.29. The number of hydrogen-bond donors (Lipinski definition) is 0. The van der Waals surface area contributed by atoms with E-state index in [2.05, 4.69) is 28.8 Å². The monoisotopic (exact) mass is 266 g/mol. The van der Waals surface area contributed by atoms with Crippen molar-refractivity contribution in [3.05, 3.63) is 12.2 Å². The van der Waals surface area contributed by atoms with E-state index in [1.807, 2.05) is 4.68 Å². The van der Waals surface area contributed by atoms with Crippen LogP contribution in [0.1, 0.15) is 26.1 Å². The normalized spacial score (nSPS) is 20.1. The molecule has 0 amide bonds. The molecule has 0 spiro atoms. The summed E-state index contributed by atoms with van der Waals surface area (Å²) < 4.78 is 6.75. The predicted octanol–water partition coefficient (Wildman–Crippen LogP) is 0.929. The molecule has 1 aromatic rings. The number of ether oxygens (including phenoxy) is 1. The van der Waals surface area contributed by atoms with Crippen molar-refractivity contribution in [3.8, 4) is 0 Å². The Hall–Kier alpha value is -1.43. The second-order valence-electron chi connectivity index (χ2n) is 5.50. The summed E-state index contributed by atoms with van der Waals surface area (Å²) in [6.07, 6.45) is 2.47. The van der Waals surface area contributed by atoms with Crippen molar-refractivity contribution < 1.29 is 9.53 Å². The van der Waals surface area contributed by atoms with Crippen LogP contribution in [-0.4, -0.2) is 45.8 Å². The molecule has 1 atom stereocenters. The molecule has 0 bridgehead atoms. The minimum atomic E-state index is -0.105. The van der Waals surface area contributed by atoms with Gasteiger partial charge in [-0.15, -0.1) is 0 Å². The molecular weight excluding hydrogens is 244 g/mol. The van der Waals surface area contributed by atoms with Gasteiger partial charge >= 0.3 is 5.97 Å². The van der Waals surface area contributed by atoms with Crippen LogP contribution in [0.5, 0.6) is 0 Å². The summed E-state index contributed by atoms with van der Waals surface area (Å²) in [6.45, 7) is 7.61. The maximum absolute atomic E-state index is 11.5. The largest absolute Gasteiger partial charge is 0.469 e. The van der Waals surface area contributed by atoms with Crippen molar-refractivity contribution in [1.82, 2.24) is 19.7 Å². The molecule has 1 unspecified atom stereocenters. The molecule has 6 nitrogen and oxygen atoms in total. The predicted molar refractivity (Wildman–Crippen MR) is 70.3 cm³/mol. The number of esters is 1. The highest BCUT2D eigenvalue weighted by atomic mass is 16.5. The molecule has 106 valence electrons. The Kier molecular flexibility index (Phi) is 4.52. The Bertz CT molecular complexity index is 430. The molecule has 1 aliphatic rings. The average molecular weight is 266 g/mol. The topological polar surface area (TPSA) is 60.2 Å². The molecule has 2 heterocycles. The van der Waals surface area contributed by atoms with Gasteiger partial charge in [0, 0.05) is 13.1 Å². The van der Waals surface area contributed by atoms with Gasteiger partial charge in [0.15, 0.2) is 0 Å². The van der Waals surface area contributed by atoms with Crippen LogP contribution in [-0.2, 0) is 22.6 Å². The molecule has 0 radical (unpaired) electrons. The first-order valence-corrected chi connectivity index (χ1v) is 6.77. The van der Waals surface area contributed by atoms with Gasteiger partial charge in [0.05, 0.1) is 19.6 Å². The summed E-state index contributed by atoms with van der Waals surface area (Å²) in [7, 11) is 1.45. The van der Waals surface area contributed by atoms with Crippen LogP contribution in [0.15, 0.2) is 6.33 Å². The van der Waals surface area contributed by atoms with Crippen LogP contribution < -0.4 is 0 Å². The Morgan fingerprint density at radius 2 is 2.37 bits per heavy atom. The summed E-state index contributed by atoms with van der Waals surface area (Å²) in [5.74, 6) is 1.42. The van der Waals surface area contributed by atoms with Crippen molar-refractivity contribution in [2.75, 3.05) is 20.2 Å². The third kappa shape index (κ3) is 3.53. The standard InChI is InChI=1S/C13H22N4O2/c1-10(2)6-17-12(14-9-15-17)8-16-5-4-11(7-16)13(18)19-3/h9-11H,4-8H2,1-3H3. The lowest BCUT2D eigenvalue weighted by Crippen LogP contribution is -2.25. The summed E-state index contributed by atoms with van der Waals surface area (Å²) in [5.41, 5.74) is 0. The molecule has 6 heteroatoms. The van der Waals surface area contributed by atoms with Crippen LogP contribution >= 0.6 is 0 Å². The zero-order chi connectivity index (χ0) is 13.8. The third-order valence-corrected chi connectivity index (χ3v) is 3.41. The van der Waals surface area contributed by atoms with E-state index in [1.165, 1.54) is 7.11 Å². The number of methoxy groups -OCH3 is 1. The van der Waals surface area contributed by atoms with Gasteiger partial charge in [-0.2, -0.15) is 5.10 Å². The van der Waals surface area contributed by atoms with Crippen LogP contribution in [0.2, 0.25) is 0 Å². The molecule has 1 fully saturated rings. The number of likely N-dealkylation sites (tertiary alicyclic amines) is 1. The average Bonchev–Trinajstić information content (AvgIpc) is 2.99. The minimum absolute atomic E-state index is 0.00599. The quantitative estimate of drug-likeness (QED) is 0.742. The van der Waals surface area contributed by atoms with Gasteiger partial charge < -0.3 is 4.74 Å². The van der Waals surface area contributed by atoms with Gasteiger partial charge in [-0.25, -0.2) is 9.67 Å². The number of carbonyl (C=O) groups is 1. The lowest BCUT2D eigenvalue weighted by atomic mass is 10.1. The Labute approximate surface area is 113 Å². The Morgan fingerprint density at radius 1 is 1.58 bits per heavy atom. The van der Waals surface area contributed by atoms with Gasteiger partial charge in [-0.3, -0.25) is 9.69 Å². The van der Waals surface area contributed by atoms with E-state index < -0.39 is 0 Å². The fourth-order valence-corrected chi connectivity index (χ4v) is 2.44. The summed E-state index contributed by atoms with van der Waals surface area (Å²) in [6, 6.07) is 0. The van der Waals surface area contributed by atoms with Crippen molar-refractivity contribution >= 4 is 5.97 Å². The zero-order valence-corrected chi connectivity index (χ0v) is 11.9. The molecule has 19 heavy (non-hydrogen) atoms. The molecule has 0 N–H and O–H groups in total. The Balaban J connectivity index is 1.92. The molecular formula is C13H22N4O2. The first-order chi connectivity index (χ1) is 9.10. The molecule has 1 aromatic heterocycles. The second-order valence-corrected chi connectivity index (χ2v) is 5.50. The summed E-state index contributed by atoms with van der Waals surface area (Å²) >= 11 is 0. The number of aromatic nitrogens is 3. The smallest absolute Gasteiger partial charge is 0.310 e. The van der Waals surface area contributed by atoms with Gasteiger partial charge in [-0.1, -0.05) is 13.8 Å². The van der Waals surface area contributed by atoms with Crippen molar-refractivity contribution in [2.24, 2.45) is 11.8 Å². The van der Waals surface area contributed by atoms with Crippen LogP contribution in [0.4, 0.5) is 0 Å². The van der Waals surface area contributed by atoms with Gasteiger partial charge in [0.2, 0.25) is 0 Å². The van der Waals surface area contributed by atoms with E-state index >= 15 is 0 Å². The lowest BCUT2D eigenvalue weighted by molar-refractivity contribution is -0.144. The lowest BCUT2D eigenvalue weighted by Gasteiger charge is -2.16. The van der Waals surface area contributed by atoms with E-state index in [-0.39, 0.29) is 11.9 Å². The highest BCUT2D eigenvalue weighted by molar-refractivity contribution is 5.72. The third-order valence-electron chi connectivity index (χ3n) is 3.41. The number of nitrogens with zero attached hydrogens (tertiary/aromatic N) is 4. The van der Waals surface area contributed by atoms with Gasteiger partial charge in [0.1, 0.15) is 12.2 Å². The first kappa shape index (κ1) is 14.0. The molecule has 0 aliphatic carbocycles. The van der Waals surface area contributed by atoms with Crippen molar-refractivity contribution in [1.29, 1.82) is 0 Å². The van der Waals surface area contributed by atoms with Crippen molar-refractivity contribution in [3.63, 3.8) is 0 Å². The number of rotatable bonds is 5. The van der Waals surface area contributed by atoms with Gasteiger partial charge in [-0.05, 0) is 18.9 Å². The van der Waals surface area contributed by atoms with Crippen LogP contribution in [0, 0.1) is 11.8 Å². The number of hydrogen-bond acceptors (Lipinski definition) is 5. The zero-order valence-electron chi connectivity index (χ0n) is 11.9. The molecule has 2 rings (SSSR count). The van der Waals surface area contributed by atoms with Crippen molar-refractivity contribution in [2.45, 2.75) is 33.4 Å². The Morgan fingerprint density at radius 3 is 3.05 bits per heavy atom. The molecule has 1 saturated heterocycles. The fourth-order valence-electron chi connectivity index (χ4n) is 2.44. The maximum atomic E-state index is 11.5. The van der Waals surface area contributed by atoms with E-state index in [0.29, 0.717) is 5.92 Å². The van der Waals surface area contributed by atoms with E-state index in [0.717, 1.165) is 38.4 Å². The molecule has 0 aromatic carbocycles. The number of carbonyl (C=O) groups excluding carboxylic acids is 1. The molecule has 1 aliphatic heterocycles. The fraction of sp³-hybridized carbons (Fsp3) is 0.769. The van der Waals surface area contributed by atoms with Crippen LogP contribution in [0.25, 0.3) is 0 Å².